The summed E-state index contributed by atoms with van der Waals surface area (Å²) in [6.07, 6.45) is 5.43. The number of piperidine rings is 1. The molecule has 1 amide bonds. The molecule has 1 aromatic heterocycles. The number of carbonyl (C=O) groups excluding carboxylic acids is 1. The summed E-state index contributed by atoms with van der Waals surface area (Å²) in [7, 11) is 1.94. The van der Waals surface area contributed by atoms with Gasteiger partial charge in [-0.3, -0.25) is 4.79 Å². The van der Waals surface area contributed by atoms with Crippen molar-refractivity contribution in [3.8, 4) is 5.75 Å². The van der Waals surface area contributed by atoms with Crippen molar-refractivity contribution in [2.45, 2.75) is 19.4 Å². The van der Waals surface area contributed by atoms with E-state index in [0.29, 0.717) is 6.61 Å². The van der Waals surface area contributed by atoms with E-state index in [-0.39, 0.29) is 24.2 Å². The normalized spacial score (nSPS) is 14.7. The van der Waals surface area contributed by atoms with Crippen molar-refractivity contribution in [3.63, 3.8) is 0 Å². The highest BCUT2D eigenvalue weighted by Crippen LogP contribution is 2.19. The summed E-state index contributed by atoms with van der Waals surface area (Å²) in [5.41, 5.74) is 0.804. The number of carbonyl (C=O) groups is 1. The molecule has 0 atom stereocenters. The summed E-state index contributed by atoms with van der Waals surface area (Å²) in [5, 5.41) is 6.25. The molecule has 1 saturated heterocycles. The maximum Gasteiger partial charge on any atom is 0.227 e. The first kappa shape index (κ1) is 18.3. The SMILES string of the molecule is Cl.Cn1ccnc1COc1ccc(NC(=O)C2CCNCC2)cc1. The maximum atomic E-state index is 12.2. The molecular weight excluding hydrogens is 328 g/mol. The number of anilines is 1. The quantitative estimate of drug-likeness (QED) is 0.868. The van der Waals surface area contributed by atoms with Crippen LogP contribution in [0.5, 0.6) is 5.75 Å². The van der Waals surface area contributed by atoms with Crippen molar-refractivity contribution in [2.75, 3.05) is 18.4 Å². The monoisotopic (exact) mass is 350 g/mol. The number of halogens is 1. The third-order valence-electron chi connectivity index (χ3n) is 4.12. The molecule has 1 aliphatic rings. The van der Waals surface area contributed by atoms with Gasteiger partial charge in [-0.2, -0.15) is 0 Å². The molecule has 3 rings (SSSR count). The van der Waals surface area contributed by atoms with Crippen LogP contribution in [0.25, 0.3) is 0 Å². The standard InChI is InChI=1S/C17H22N4O2.ClH/c1-21-11-10-19-16(21)12-23-15-4-2-14(3-5-15)20-17(22)13-6-8-18-9-7-13;/h2-5,10-11,13,18H,6-9,12H2,1H3,(H,20,22);1H. The molecule has 1 fully saturated rings. The minimum absolute atomic E-state index is 0. The lowest BCUT2D eigenvalue weighted by Crippen LogP contribution is -2.34. The third kappa shape index (κ3) is 4.72. The van der Waals surface area contributed by atoms with Crippen LogP contribution in [0.4, 0.5) is 5.69 Å². The molecule has 0 aliphatic carbocycles. The number of amides is 1. The van der Waals surface area contributed by atoms with Gasteiger partial charge in [0.1, 0.15) is 18.2 Å². The Labute approximate surface area is 148 Å². The first-order valence-electron chi connectivity index (χ1n) is 7.93. The Hall–Kier alpha value is -2.05. The molecule has 130 valence electrons. The van der Waals surface area contributed by atoms with E-state index in [4.69, 9.17) is 4.74 Å². The van der Waals surface area contributed by atoms with Gasteiger partial charge in [-0.25, -0.2) is 4.98 Å². The average Bonchev–Trinajstić information content (AvgIpc) is 3.00. The van der Waals surface area contributed by atoms with Crippen molar-refractivity contribution < 1.29 is 9.53 Å². The number of aromatic nitrogens is 2. The maximum absolute atomic E-state index is 12.2. The van der Waals surface area contributed by atoms with Crippen LogP contribution in [0, 0.1) is 5.92 Å². The average molecular weight is 351 g/mol. The highest BCUT2D eigenvalue weighted by molar-refractivity contribution is 5.92. The smallest absolute Gasteiger partial charge is 0.227 e. The fraction of sp³-hybridized carbons (Fsp3) is 0.412. The Balaban J connectivity index is 0.00000208. The summed E-state index contributed by atoms with van der Waals surface area (Å²) in [6, 6.07) is 7.46. The van der Waals surface area contributed by atoms with Crippen molar-refractivity contribution in [2.24, 2.45) is 13.0 Å². The number of aryl methyl sites for hydroxylation is 1. The van der Waals surface area contributed by atoms with E-state index in [0.717, 1.165) is 43.2 Å². The summed E-state index contributed by atoms with van der Waals surface area (Å²) < 4.78 is 7.63. The van der Waals surface area contributed by atoms with Crippen LogP contribution in [0.15, 0.2) is 36.7 Å². The molecule has 0 spiro atoms. The van der Waals surface area contributed by atoms with Gasteiger partial charge in [0.15, 0.2) is 0 Å². The van der Waals surface area contributed by atoms with Gasteiger partial charge >= 0.3 is 0 Å². The van der Waals surface area contributed by atoms with Crippen LogP contribution >= 0.6 is 12.4 Å². The first-order chi connectivity index (χ1) is 11.2. The summed E-state index contributed by atoms with van der Waals surface area (Å²) >= 11 is 0. The molecule has 0 bridgehead atoms. The minimum Gasteiger partial charge on any atom is -0.486 e. The zero-order valence-electron chi connectivity index (χ0n) is 13.7. The van der Waals surface area contributed by atoms with Crippen LogP contribution in [0.1, 0.15) is 18.7 Å². The topological polar surface area (TPSA) is 68.2 Å². The lowest BCUT2D eigenvalue weighted by molar-refractivity contribution is -0.120. The van der Waals surface area contributed by atoms with Gasteiger partial charge in [0.25, 0.3) is 0 Å². The molecule has 0 unspecified atom stereocenters. The predicted molar refractivity (Wildman–Crippen MR) is 95.5 cm³/mol. The van der Waals surface area contributed by atoms with Gasteiger partial charge in [-0.1, -0.05) is 0 Å². The van der Waals surface area contributed by atoms with Crippen LogP contribution in [-0.4, -0.2) is 28.5 Å². The zero-order chi connectivity index (χ0) is 16.1. The highest BCUT2D eigenvalue weighted by atomic mass is 35.5. The Morgan fingerprint density at radius 1 is 1.33 bits per heavy atom. The number of hydrogen-bond acceptors (Lipinski definition) is 4. The third-order valence-corrected chi connectivity index (χ3v) is 4.12. The van der Waals surface area contributed by atoms with Gasteiger partial charge in [-0.15, -0.1) is 12.4 Å². The molecule has 0 saturated carbocycles. The lowest BCUT2D eigenvalue weighted by atomic mass is 9.97. The van der Waals surface area contributed by atoms with Crippen molar-refractivity contribution in [3.05, 3.63) is 42.5 Å². The van der Waals surface area contributed by atoms with Gasteiger partial charge in [0, 0.05) is 31.0 Å². The van der Waals surface area contributed by atoms with Gasteiger partial charge < -0.3 is 19.9 Å². The first-order valence-corrected chi connectivity index (χ1v) is 7.93. The summed E-state index contributed by atoms with van der Waals surface area (Å²) in [4.78, 5) is 16.4. The Morgan fingerprint density at radius 2 is 2.04 bits per heavy atom. The fourth-order valence-electron chi connectivity index (χ4n) is 2.65. The number of hydrogen-bond donors (Lipinski definition) is 2. The molecule has 2 N–H and O–H groups in total. The number of nitrogens with one attached hydrogen (secondary N) is 2. The lowest BCUT2D eigenvalue weighted by Gasteiger charge is -2.21. The fourth-order valence-corrected chi connectivity index (χ4v) is 2.65. The number of ether oxygens (including phenoxy) is 1. The van der Waals surface area contributed by atoms with E-state index in [9.17, 15) is 4.79 Å². The van der Waals surface area contributed by atoms with E-state index in [1.807, 2.05) is 42.1 Å². The van der Waals surface area contributed by atoms with Gasteiger partial charge in [-0.05, 0) is 50.2 Å². The summed E-state index contributed by atoms with van der Waals surface area (Å²) in [5.74, 6) is 1.84. The second-order valence-electron chi connectivity index (χ2n) is 5.78. The molecule has 0 radical (unpaired) electrons. The molecule has 7 heteroatoms. The Bertz CT molecular complexity index is 651. The Morgan fingerprint density at radius 3 is 2.67 bits per heavy atom. The van der Waals surface area contributed by atoms with Crippen LogP contribution in [-0.2, 0) is 18.4 Å². The Kier molecular flexibility index (Phi) is 6.63. The zero-order valence-corrected chi connectivity index (χ0v) is 14.5. The van der Waals surface area contributed by atoms with Crippen LogP contribution in [0.3, 0.4) is 0 Å². The molecule has 2 aromatic rings. The van der Waals surface area contributed by atoms with Gasteiger partial charge in [0.2, 0.25) is 5.91 Å². The van der Waals surface area contributed by atoms with E-state index < -0.39 is 0 Å². The molecule has 1 aromatic carbocycles. The van der Waals surface area contributed by atoms with E-state index in [2.05, 4.69) is 15.6 Å². The highest BCUT2D eigenvalue weighted by Gasteiger charge is 2.20. The van der Waals surface area contributed by atoms with Gasteiger partial charge in [0.05, 0.1) is 0 Å². The second-order valence-corrected chi connectivity index (χ2v) is 5.78. The molecule has 2 heterocycles. The van der Waals surface area contributed by atoms with Crippen molar-refractivity contribution >= 4 is 24.0 Å². The van der Waals surface area contributed by atoms with Crippen LogP contribution in [0.2, 0.25) is 0 Å². The largest absolute Gasteiger partial charge is 0.486 e. The molecule has 6 nitrogen and oxygen atoms in total. The molecule has 1 aliphatic heterocycles. The second kappa shape index (κ2) is 8.70. The van der Waals surface area contributed by atoms with E-state index in [1.165, 1.54) is 0 Å². The predicted octanol–water partition coefficient (Wildman–Crippen LogP) is 2.36. The molecular formula is C17H23ClN4O2. The van der Waals surface area contributed by atoms with E-state index in [1.54, 1.807) is 6.20 Å². The number of rotatable bonds is 5. The number of imidazole rings is 1. The van der Waals surface area contributed by atoms with Crippen molar-refractivity contribution in [1.29, 1.82) is 0 Å². The van der Waals surface area contributed by atoms with E-state index >= 15 is 0 Å². The minimum atomic E-state index is 0. The van der Waals surface area contributed by atoms with Crippen LogP contribution < -0.4 is 15.4 Å². The number of benzene rings is 1. The summed E-state index contributed by atoms with van der Waals surface area (Å²) in [6.45, 7) is 2.25. The van der Waals surface area contributed by atoms with Crippen molar-refractivity contribution in [1.82, 2.24) is 14.9 Å². The molecule has 24 heavy (non-hydrogen) atoms. The number of nitrogens with zero attached hydrogens (tertiary/aromatic N) is 2.